The number of amides is 1. The maximum absolute atomic E-state index is 12.1. The lowest BCUT2D eigenvalue weighted by Crippen LogP contribution is -2.36. The summed E-state index contributed by atoms with van der Waals surface area (Å²) in [6.45, 7) is 2.64. The van der Waals surface area contributed by atoms with Gasteiger partial charge in [0.15, 0.2) is 6.10 Å². The Morgan fingerprint density at radius 3 is 3.00 bits per heavy atom. The van der Waals surface area contributed by atoms with Crippen LogP contribution in [0.1, 0.15) is 16.0 Å². The zero-order chi connectivity index (χ0) is 13.2. The van der Waals surface area contributed by atoms with Gasteiger partial charge in [-0.2, -0.15) is 0 Å². The van der Waals surface area contributed by atoms with Crippen molar-refractivity contribution >= 4 is 17.2 Å². The highest BCUT2D eigenvalue weighted by Gasteiger charge is 2.28. The number of hydrogen-bond acceptors (Lipinski definition) is 3. The fourth-order valence-electron chi connectivity index (χ4n) is 2.19. The Bertz CT molecular complexity index is 581. The van der Waals surface area contributed by atoms with Gasteiger partial charge in [0.1, 0.15) is 5.75 Å². The fraction of sp³-hybridized carbons (Fsp3) is 0.267. The zero-order valence-corrected chi connectivity index (χ0v) is 11.5. The quantitative estimate of drug-likeness (QED) is 0.933. The van der Waals surface area contributed by atoms with E-state index >= 15 is 0 Å². The number of rotatable bonds is 3. The Kier molecular flexibility index (Phi) is 3.25. The number of aryl methyl sites for hydroxylation is 1. The predicted molar refractivity (Wildman–Crippen MR) is 75.5 cm³/mol. The van der Waals surface area contributed by atoms with E-state index in [0.29, 0.717) is 13.0 Å². The molecule has 19 heavy (non-hydrogen) atoms. The van der Waals surface area contributed by atoms with E-state index < -0.39 is 6.10 Å². The first-order valence-corrected chi connectivity index (χ1v) is 7.17. The second kappa shape index (κ2) is 5.05. The van der Waals surface area contributed by atoms with E-state index in [1.807, 2.05) is 29.6 Å². The first-order chi connectivity index (χ1) is 9.24. The molecule has 4 heteroatoms. The largest absolute Gasteiger partial charge is 0.480 e. The monoisotopic (exact) mass is 273 g/mol. The third-order valence-electron chi connectivity index (χ3n) is 3.33. The van der Waals surface area contributed by atoms with Gasteiger partial charge in [-0.1, -0.05) is 18.2 Å². The average Bonchev–Trinajstić information content (AvgIpc) is 3.01. The molecule has 2 aromatic rings. The molecule has 0 saturated heterocycles. The maximum atomic E-state index is 12.1. The van der Waals surface area contributed by atoms with Crippen molar-refractivity contribution in [1.82, 2.24) is 5.32 Å². The van der Waals surface area contributed by atoms with Crippen LogP contribution in [0.15, 0.2) is 35.7 Å². The van der Waals surface area contributed by atoms with Crippen molar-refractivity contribution in [2.24, 2.45) is 0 Å². The number of carbonyl (C=O) groups is 1. The smallest absolute Gasteiger partial charge is 0.261 e. The molecular formula is C15H15NO2S. The van der Waals surface area contributed by atoms with Crippen molar-refractivity contribution in [1.29, 1.82) is 0 Å². The molecule has 0 bridgehead atoms. The topological polar surface area (TPSA) is 38.3 Å². The molecule has 98 valence electrons. The molecule has 1 unspecified atom stereocenters. The van der Waals surface area contributed by atoms with Gasteiger partial charge < -0.3 is 10.1 Å². The Labute approximate surface area is 116 Å². The molecule has 1 atom stereocenters. The molecule has 2 heterocycles. The van der Waals surface area contributed by atoms with Crippen molar-refractivity contribution in [3.05, 3.63) is 51.7 Å². The van der Waals surface area contributed by atoms with Gasteiger partial charge in [0, 0.05) is 11.3 Å². The van der Waals surface area contributed by atoms with Gasteiger partial charge in [0.25, 0.3) is 5.91 Å². The number of nitrogens with one attached hydrogen (secondary N) is 1. The van der Waals surface area contributed by atoms with Crippen molar-refractivity contribution in [2.45, 2.75) is 26.0 Å². The molecule has 1 N–H and O–H groups in total. The minimum atomic E-state index is -0.391. The number of benzene rings is 1. The normalized spacial score (nSPS) is 16.8. The van der Waals surface area contributed by atoms with E-state index in [1.165, 1.54) is 10.4 Å². The molecule has 0 fully saturated rings. The highest BCUT2D eigenvalue weighted by atomic mass is 32.1. The summed E-state index contributed by atoms with van der Waals surface area (Å²) < 4.78 is 5.66. The molecule has 1 aliphatic rings. The van der Waals surface area contributed by atoms with Crippen LogP contribution < -0.4 is 10.1 Å². The minimum absolute atomic E-state index is 0.0380. The lowest BCUT2D eigenvalue weighted by atomic mass is 10.1. The van der Waals surface area contributed by atoms with Gasteiger partial charge in [-0.3, -0.25) is 4.79 Å². The SMILES string of the molecule is Cc1ccsc1CNC(=O)C1Cc2ccccc2O1. The highest BCUT2D eigenvalue weighted by molar-refractivity contribution is 7.10. The van der Waals surface area contributed by atoms with E-state index in [4.69, 9.17) is 4.74 Å². The molecule has 1 aromatic carbocycles. The van der Waals surface area contributed by atoms with Crippen LogP contribution in [0, 0.1) is 6.92 Å². The fourth-order valence-corrected chi connectivity index (χ4v) is 3.04. The highest BCUT2D eigenvalue weighted by Crippen LogP contribution is 2.28. The number of fused-ring (bicyclic) bond motifs is 1. The molecule has 3 rings (SSSR count). The van der Waals surface area contributed by atoms with E-state index in [2.05, 4.69) is 18.3 Å². The molecular weight excluding hydrogens is 258 g/mol. The van der Waals surface area contributed by atoms with Crippen LogP contribution in [0.4, 0.5) is 0 Å². The number of ether oxygens (including phenoxy) is 1. The summed E-state index contributed by atoms with van der Waals surface area (Å²) in [7, 11) is 0. The van der Waals surface area contributed by atoms with E-state index in [0.717, 1.165) is 11.3 Å². The van der Waals surface area contributed by atoms with E-state index in [1.54, 1.807) is 11.3 Å². The van der Waals surface area contributed by atoms with Crippen molar-refractivity contribution in [2.75, 3.05) is 0 Å². The van der Waals surface area contributed by atoms with Gasteiger partial charge in [0.2, 0.25) is 0 Å². The van der Waals surface area contributed by atoms with Crippen molar-refractivity contribution < 1.29 is 9.53 Å². The maximum Gasteiger partial charge on any atom is 0.261 e. The lowest BCUT2D eigenvalue weighted by Gasteiger charge is -2.11. The van der Waals surface area contributed by atoms with Crippen LogP contribution in [0.2, 0.25) is 0 Å². The van der Waals surface area contributed by atoms with Crippen molar-refractivity contribution in [3.63, 3.8) is 0 Å². The van der Waals surface area contributed by atoms with E-state index in [9.17, 15) is 4.79 Å². The molecule has 1 aliphatic heterocycles. The Morgan fingerprint density at radius 1 is 1.42 bits per heavy atom. The minimum Gasteiger partial charge on any atom is -0.480 e. The van der Waals surface area contributed by atoms with Crippen LogP contribution in [0.5, 0.6) is 5.75 Å². The molecule has 1 aromatic heterocycles. The number of hydrogen-bond donors (Lipinski definition) is 1. The number of para-hydroxylation sites is 1. The lowest BCUT2D eigenvalue weighted by molar-refractivity contribution is -0.127. The first-order valence-electron chi connectivity index (χ1n) is 6.29. The summed E-state index contributed by atoms with van der Waals surface area (Å²) in [5.41, 5.74) is 2.33. The van der Waals surface area contributed by atoms with Crippen LogP contribution in [0.25, 0.3) is 0 Å². The van der Waals surface area contributed by atoms with Crippen LogP contribution in [0.3, 0.4) is 0 Å². The number of thiophene rings is 1. The molecule has 0 aliphatic carbocycles. The Morgan fingerprint density at radius 2 is 2.26 bits per heavy atom. The summed E-state index contributed by atoms with van der Waals surface area (Å²) in [5.74, 6) is 0.791. The summed E-state index contributed by atoms with van der Waals surface area (Å²) in [6, 6.07) is 9.87. The standard InChI is InChI=1S/C15H15NO2S/c1-10-6-7-19-14(10)9-16-15(17)13-8-11-4-2-3-5-12(11)18-13/h2-7,13H,8-9H2,1H3,(H,16,17). The van der Waals surface area contributed by atoms with Gasteiger partial charge >= 0.3 is 0 Å². The van der Waals surface area contributed by atoms with Gasteiger partial charge in [0.05, 0.1) is 6.54 Å². The molecule has 0 spiro atoms. The Hall–Kier alpha value is -1.81. The second-order valence-electron chi connectivity index (χ2n) is 4.66. The summed E-state index contributed by atoms with van der Waals surface area (Å²) in [4.78, 5) is 13.3. The number of carbonyl (C=O) groups excluding carboxylic acids is 1. The van der Waals surface area contributed by atoms with Crippen LogP contribution in [-0.4, -0.2) is 12.0 Å². The van der Waals surface area contributed by atoms with Crippen LogP contribution >= 0.6 is 11.3 Å². The second-order valence-corrected chi connectivity index (χ2v) is 5.66. The predicted octanol–water partition coefficient (Wildman–Crippen LogP) is 2.68. The van der Waals surface area contributed by atoms with Crippen molar-refractivity contribution in [3.8, 4) is 5.75 Å². The third-order valence-corrected chi connectivity index (χ3v) is 4.35. The van der Waals surface area contributed by atoms with Crippen LogP contribution in [-0.2, 0) is 17.8 Å². The summed E-state index contributed by atoms with van der Waals surface area (Å²) in [6.07, 6.45) is 0.267. The molecule has 1 amide bonds. The third kappa shape index (κ3) is 2.49. The molecule has 3 nitrogen and oxygen atoms in total. The van der Waals surface area contributed by atoms with Gasteiger partial charge in [-0.05, 0) is 35.6 Å². The first kappa shape index (κ1) is 12.2. The van der Waals surface area contributed by atoms with Gasteiger partial charge in [-0.25, -0.2) is 0 Å². The summed E-state index contributed by atoms with van der Waals surface area (Å²) in [5, 5.41) is 4.99. The van der Waals surface area contributed by atoms with Gasteiger partial charge in [-0.15, -0.1) is 11.3 Å². The van der Waals surface area contributed by atoms with E-state index in [-0.39, 0.29) is 5.91 Å². The average molecular weight is 273 g/mol. The Balaban J connectivity index is 1.60. The molecule has 0 saturated carbocycles. The summed E-state index contributed by atoms with van der Waals surface area (Å²) >= 11 is 1.67. The zero-order valence-electron chi connectivity index (χ0n) is 10.7. The molecule has 0 radical (unpaired) electrons.